The molecule has 2 heterocycles. The average Bonchev–Trinajstić information content (AvgIpc) is 3.39. The van der Waals surface area contributed by atoms with E-state index in [1.54, 1.807) is 0 Å². The topological polar surface area (TPSA) is 45.5 Å². The molecule has 1 atom stereocenters. The molecular formula is C31H26N2O2. The van der Waals surface area contributed by atoms with E-state index < -0.39 is 5.41 Å². The molecule has 0 aliphatic carbocycles. The minimum absolute atomic E-state index is 0.0901. The van der Waals surface area contributed by atoms with Crippen molar-refractivity contribution in [1.82, 2.24) is 4.57 Å². The molecule has 6 rings (SSSR count). The van der Waals surface area contributed by atoms with Gasteiger partial charge in [0, 0.05) is 29.3 Å². The number of benzene rings is 4. The quantitative estimate of drug-likeness (QED) is 0.364. The van der Waals surface area contributed by atoms with Gasteiger partial charge in [-0.05, 0) is 34.4 Å². The summed E-state index contributed by atoms with van der Waals surface area (Å²) in [5.74, 6) is -0.0901. The van der Waals surface area contributed by atoms with Gasteiger partial charge in [-0.25, -0.2) is 0 Å². The van der Waals surface area contributed by atoms with Gasteiger partial charge in [0.2, 0.25) is 5.91 Å². The fourth-order valence-corrected chi connectivity index (χ4v) is 5.44. The van der Waals surface area contributed by atoms with E-state index in [1.807, 2.05) is 89.8 Å². The smallest absolute Gasteiger partial charge is 0.244 e. The number of hydrogen-bond acceptors (Lipinski definition) is 2. The fraction of sp³-hybridized carbons (Fsp3) is 0.129. The summed E-state index contributed by atoms with van der Waals surface area (Å²) in [6.45, 7) is 0.848. The largest absolute Gasteiger partial charge is 0.395 e. The van der Waals surface area contributed by atoms with Crippen LogP contribution in [0, 0.1) is 0 Å². The van der Waals surface area contributed by atoms with Crippen LogP contribution in [0.2, 0.25) is 0 Å². The van der Waals surface area contributed by atoms with Crippen LogP contribution in [-0.4, -0.2) is 22.2 Å². The SMILES string of the molecule is O=C1N(Cc2ccccc2)c2ccccc2[C@]1(CO)c1cn(Cc2ccccc2)c2ccccc12. The maximum absolute atomic E-state index is 14.3. The van der Waals surface area contributed by atoms with Crippen molar-refractivity contribution in [3.05, 3.63) is 138 Å². The van der Waals surface area contributed by atoms with Gasteiger partial charge in [-0.2, -0.15) is 0 Å². The molecule has 172 valence electrons. The zero-order valence-electron chi connectivity index (χ0n) is 19.3. The summed E-state index contributed by atoms with van der Waals surface area (Å²) in [6, 6.07) is 36.3. The summed E-state index contributed by atoms with van der Waals surface area (Å²) in [4.78, 5) is 16.1. The molecule has 1 aromatic heterocycles. The van der Waals surface area contributed by atoms with Crippen molar-refractivity contribution >= 4 is 22.5 Å². The van der Waals surface area contributed by atoms with Gasteiger partial charge < -0.3 is 14.6 Å². The number of para-hydroxylation sites is 2. The fourth-order valence-electron chi connectivity index (χ4n) is 5.44. The first-order chi connectivity index (χ1) is 17.2. The van der Waals surface area contributed by atoms with Crippen LogP contribution in [-0.2, 0) is 23.3 Å². The van der Waals surface area contributed by atoms with E-state index in [2.05, 4.69) is 35.0 Å². The van der Waals surface area contributed by atoms with Gasteiger partial charge in [-0.3, -0.25) is 4.79 Å². The molecule has 4 nitrogen and oxygen atoms in total. The summed E-state index contributed by atoms with van der Waals surface area (Å²) in [5.41, 5.74) is 4.68. The van der Waals surface area contributed by atoms with E-state index in [4.69, 9.17) is 0 Å². The number of aromatic nitrogens is 1. The van der Waals surface area contributed by atoms with Crippen LogP contribution in [0.1, 0.15) is 22.3 Å². The Labute approximate surface area is 204 Å². The van der Waals surface area contributed by atoms with E-state index in [9.17, 15) is 9.90 Å². The molecule has 0 saturated heterocycles. The Hall–Kier alpha value is -4.15. The lowest BCUT2D eigenvalue weighted by Crippen LogP contribution is -2.43. The first kappa shape index (κ1) is 21.4. The van der Waals surface area contributed by atoms with Crippen LogP contribution in [0.3, 0.4) is 0 Å². The van der Waals surface area contributed by atoms with Crippen LogP contribution in [0.25, 0.3) is 10.9 Å². The summed E-state index contributed by atoms with van der Waals surface area (Å²) < 4.78 is 2.19. The molecular weight excluding hydrogens is 432 g/mol. The van der Waals surface area contributed by atoms with E-state index >= 15 is 0 Å². The van der Waals surface area contributed by atoms with E-state index in [0.717, 1.165) is 33.3 Å². The Balaban J connectivity index is 1.53. The van der Waals surface area contributed by atoms with Crippen LogP contribution in [0.15, 0.2) is 115 Å². The van der Waals surface area contributed by atoms with Crippen molar-refractivity contribution in [2.45, 2.75) is 18.5 Å². The molecule has 5 aromatic rings. The normalized spacial score (nSPS) is 17.2. The van der Waals surface area contributed by atoms with E-state index in [0.29, 0.717) is 13.1 Å². The molecule has 35 heavy (non-hydrogen) atoms. The highest BCUT2D eigenvalue weighted by Gasteiger charge is 2.53. The molecule has 4 aromatic carbocycles. The number of amides is 1. The first-order valence-corrected chi connectivity index (χ1v) is 11.9. The van der Waals surface area contributed by atoms with Gasteiger partial charge in [0.15, 0.2) is 0 Å². The van der Waals surface area contributed by atoms with Crippen LogP contribution >= 0.6 is 0 Å². The van der Waals surface area contributed by atoms with Gasteiger partial charge in [0.1, 0.15) is 5.41 Å². The monoisotopic (exact) mass is 458 g/mol. The van der Waals surface area contributed by atoms with Crippen LogP contribution in [0.5, 0.6) is 0 Å². The third-order valence-corrected chi connectivity index (χ3v) is 7.13. The van der Waals surface area contributed by atoms with Gasteiger partial charge in [0.05, 0.1) is 13.2 Å². The lowest BCUT2D eigenvalue weighted by atomic mass is 9.76. The van der Waals surface area contributed by atoms with Crippen molar-refractivity contribution in [3.63, 3.8) is 0 Å². The Morgan fingerprint density at radius 2 is 1.26 bits per heavy atom. The lowest BCUT2D eigenvalue weighted by Gasteiger charge is -2.27. The number of anilines is 1. The van der Waals surface area contributed by atoms with Crippen LogP contribution < -0.4 is 4.90 Å². The number of rotatable bonds is 6. The Morgan fingerprint density at radius 1 is 0.657 bits per heavy atom. The number of hydrogen-bond donors (Lipinski definition) is 1. The molecule has 1 amide bonds. The summed E-state index contributed by atoms with van der Waals surface area (Å²) >= 11 is 0. The Morgan fingerprint density at radius 3 is 1.97 bits per heavy atom. The minimum Gasteiger partial charge on any atom is -0.395 e. The predicted octanol–water partition coefficient (Wildman–Crippen LogP) is 5.51. The van der Waals surface area contributed by atoms with Gasteiger partial charge in [-0.15, -0.1) is 0 Å². The minimum atomic E-state index is -1.16. The second kappa shape index (κ2) is 8.57. The van der Waals surface area contributed by atoms with Gasteiger partial charge >= 0.3 is 0 Å². The first-order valence-electron chi connectivity index (χ1n) is 11.9. The van der Waals surface area contributed by atoms with Gasteiger partial charge in [-0.1, -0.05) is 97.1 Å². The van der Waals surface area contributed by atoms with Gasteiger partial charge in [0.25, 0.3) is 0 Å². The third-order valence-electron chi connectivity index (χ3n) is 7.13. The maximum atomic E-state index is 14.3. The lowest BCUT2D eigenvalue weighted by molar-refractivity contribution is -0.123. The number of fused-ring (bicyclic) bond motifs is 2. The molecule has 0 saturated carbocycles. The predicted molar refractivity (Wildman–Crippen MR) is 139 cm³/mol. The number of aliphatic hydroxyl groups is 1. The van der Waals surface area contributed by atoms with Crippen molar-refractivity contribution < 1.29 is 9.90 Å². The summed E-state index contributed by atoms with van der Waals surface area (Å²) in [7, 11) is 0. The number of nitrogens with zero attached hydrogens (tertiary/aromatic N) is 2. The molecule has 4 heteroatoms. The van der Waals surface area contributed by atoms with Crippen LogP contribution in [0.4, 0.5) is 5.69 Å². The highest BCUT2D eigenvalue weighted by Crippen LogP contribution is 2.48. The molecule has 1 aliphatic rings. The standard InChI is InChI=1S/C31H26N2O2/c34-22-31(26-16-8-10-18-29(26)33(30(31)35)20-24-13-5-2-6-14-24)27-21-32(19-23-11-3-1-4-12-23)28-17-9-7-15-25(27)28/h1-18,21,34H,19-20,22H2/t31-/m1/s1. The van der Waals surface area contributed by atoms with Crippen molar-refractivity contribution in [2.24, 2.45) is 0 Å². The maximum Gasteiger partial charge on any atom is 0.244 e. The molecule has 0 spiro atoms. The van der Waals surface area contributed by atoms with Crippen molar-refractivity contribution in [2.75, 3.05) is 11.5 Å². The zero-order chi connectivity index (χ0) is 23.8. The van der Waals surface area contributed by atoms with Crippen molar-refractivity contribution in [3.8, 4) is 0 Å². The zero-order valence-corrected chi connectivity index (χ0v) is 19.3. The molecule has 0 unspecified atom stereocenters. The summed E-state index contributed by atoms with van der Waals surface area (Å²) in [6.07, 6.45) is 2.06. The summed E-state index contributed by atoms with van der Waals surface area (Å²) in [5, 5.41) is 12.0. The molecule has 1 aliphatic heterocycles. The number of carbonyl (C=O) groups is 1. The van der Waals surface area contributed by atoms with E-state index in [1.165, 1.54) is 5.56 Å². The highest BCUT2D eigenvalue weighted by atomic mass is 16.3. The molecule has 0 bridgehead atoms. The Kier molecular flexibility index (Phi) is 5.24. The number of aliphatic hydroxyl groups excluding tert-OH is 1. The molecule has 0 fully saturated rings. The second-order valence-corrected chi connectivity index (χ2v) is 9.13. The average molecular weight is 459 g/mol. The highest BCUT2D eigenvalue weighted by molar-refractivity contribution is 6.12. The Bertz CT molecular complexity index is 1510. The molecule has 1 N–H and O–H groups in total. The molecule has 0 radical (unpaired) electrons. The van der Waals surface area contributed by atoms with E-state index in [-0.39, 0.29) is 12.5 Å². The second-order valence-electron chi connectivity index (χ2n) is 9.13. The van der Waals surface area contributed by atoms with Crippen molar-refractivity contribution in [1.29, 1.82) is 0 Å². The number of carbonyl (C=O) groups excluding carboxylic acids is 1. The third kappa shape index (κ3) is 3.37.